The summed E-state index contributed by atoms with van der Waals surface area (Å²) < 4.78 is 2.51. The molecule has 0 unspecified atom stereocenters. The highest BCUT2D eigenvalue weighted by molar-refractivity contribution is 6.05. The average Bonchev–Trinajstić information content (AvgIpc) is 3.28. The van der Waals surface area contributed by atoms with E-state index >= 15 is 0 Å². The number of fused-ring (bicyclic) bond motifs is 3. The fourth-order valence-corrected chi connectivity index (χ4v) is 6.77. The third-order valence-corrected chi connectivity index (χ3v) is 8.64. The molecule has 2 aliphatic carbocycles. The molecular weight excluding hydrogens is 386 g/mol. The van der Waals surface area contributed by atoms with Gasteiger partial charge in [-0.05, 0) is 78.6 Å². The number of aryl methyl sites for hydroxylation is 3. The molecule has 0 amide bonds. The molecule has 1 saturated carbocycles. The van der Waals surface area contributed by atoms with Crippen LogP contribution in [0.25, 0.3) is 32.9 Å². The fraction of sp³-hybridized carbons (Fsp3) is 0.387. The van der Waals surface area contributed by atoms with Gasteiger partial charge in [-0.3, -0.25) is 0 Å². The topological polar surface area (TPSA) is 3.88 Å². The van der Waals surface area contributed by atoms with Crippen LogP contribution in [0.2, 0.25) is 0 Å². The summed E-state index contributed by atoms with van der Waals surface area (Å²) in [7, 11) is 2.29. The average molecular weight is 421 g/mol. The van der Waals surface area contributed by atoms with E-state index in [-0.39, 0.29) is 5.41 Å². The van der Waals surface area contributed by atoms with Gasteiger partial charge in [0.2, 0.25) is 11.2 Å². The van der Waals surface area contributed by atoms with Crippen molar-refractivity contribution in [2.75, 3.05) is 0 Å². The van der Waals surface area contributed by atoms with Gasteiger partial charge in [0.1, 0.15) is 7.05 Å². The molecule has 1 nitrogen and oxygen atoms in total. The van der Waals surface area contributed by atoms with Crippen molar-refractivity contribution in [2.24, 2.45) is 7.05 Å². The normalized spacial score (nSPS) is 17.3. The first-order chi connectivity index (χ1) is 15.3. The molecule has 4 aromatic rings. The van der Waals surface area contributed by atoms with E-state index in [4.69, 9.17) is 0 Å². The second-order valence-electron chi connectivity index (χ2n) is 11.0. The number of hydrogen-bond acceptors (Lipinski definition) is 0. The standard InChI is InChI=1S/C31H34N/c1-18-14-22-16-19(2)20(3)28-29(22)25(15-18)31(4,5)26-17-24-23(21-10-7-8-11-21)12-9-13-27(24)32(6)30(26)28/h9,12-17,21H,7-8,10-11H2,1-6H3/q+1. The Morgan fingerprint density at radius 2 is 1.66 bits per heavy atom. The van der Waals surface area contributed by atoms with Gasteiger partial charge in [0.05, 0.1) is 10.9 Å². The van der Waals surface area contributed by atoms with Gasteiger partial charge in [-0.15, -0.1) is 0 Å². The van der Waals surface area contributed by atoms with Crippen LogP contribution in [0.1, 0.15) is 78.8 Å². The Morgan fingerprint density at radius 1 is 0.906 bits per heavy atom. The van der Waals surface area contributed by atoms with Gasteiger partial charge in [-0.2, -0.15) is 4.57 Å². The Hall–Kier alpha value is -2.67. The first-order valence-corrected chi connectivity index (χ1v) is 12.3. The number of benzene rings is 3. The second-order valence-corrected chi connectivity index (χ2v) is 11.0. The molecule has 0 radical (unpaired) electrons. The largest absolute Gasteiger partial charge is 0.217 e. The maximum Gasteiger partial charge on any atom is 0.217 e. The summed E-state index contributed by atoms with van der Waals surface area (Å²) in [6.45, 7) is 11.7. The lowest BCUT2D eigenvalue weighted by atomic mass is 9.68. The summed E-state index contributed by atoms with van der Waals surface area (Å²) in [5.74, 6) is 0.713. The van der Waals surface area contributed by atoms with E-state index in [0.717, 1.165) is 0 Å². The number of hydrogen-bond donors (Lipinski definition) is 0. The summed E-state index contributed by atoms with van der Waals surface area (Å²) in [4.78, 5) is 0. The third kappa shape index (κ3) is 2.54. The molecular formula is C31H34N+. The van der Waals surface area contributed by atoms with Crippen LogP contribution < -0.4 is 4.57 Å². The summed E-state index contributed by atoms with van der Waals surface area (Å²) in [5.41, 5.74) is 12.9. The fourth-order valence-electron chi connectivity index (χ4n) is 6.77. The molecule has 0 N–H and O–H groups in total. The van der Waals surface area contributed by atoms with E-state index in [1.165, 1.54) is 86.4 Å². The Balaban J connectivity index is 1.80. The van der Waals surface area contributed by atoms with E-state index in [1.807, 2.05) is 0 Å². The zero-order valence-electron chi connectivity index (χ0n) is 20.4. The van der Waals surface area contributed by atoms with Crippen LogP contribution >= 0.6 is 0 Å². The zero-order valence-corrected chi connectivity index (χ0v) is 20.4. The van der Waals surface area contributed by atoms with Crippen LogP contribution in [0.4, 0.5) is 0 Å². The van der Waals surface area contributed by atoms with Crippen molar-refractivity contribution in [3.05, 3.63) is 75.8 Å². The van der Waals surface area contributed by atoms with E-state index in [0.29, 0.717) is 5.92 Å². The predicted molar refractivity (Wildman–Crippen MR) is 136 cm³/mol. The minimum atomic E-state index is -0.0387. The Labute approximate surface area is 192 Å². The van der Waals surface area contributed by atoms with Crippen molar-refractivity contribution < 1.29 is 4.57 Å². The smallest absolute Gasteiger partial charge is 0.194 e. The molecule has 0 spiro atoms. The highest BCUT2D eigenvalue weighted by atomic mass is 14.9. The van der Waals surface area contributed by atoms with E-state index < -0.39 is 0 Å². The quantitative estimate of drug-likeness (QED) is 0.278. The highest BCUT2D eigenvalue weighted by Crippen LogP contribution is 2.50. The van der Waals surface area contributed by atoms with Gasteiger partial charge >= 0.3 is 0 Å². The molecule has 2 aliphatic rings. The third-order valence-electron chi connectivity index (χ3n) is 8.64. The van der Waals surface area contributed by atoms with E-state index in [1.54, 1.807) is 5.56 Å². The number of pyridine rings is 1. The van der Waals surface area contributed by atoms with Gasteiger partial charge in [0.25, 0.3) is 0 Å². The minimum Gasteiger partial charge on any atom is -0.194 e. The Morgan fingerprint density at radius 3 is 2.41 bits per heavy atom. The summed E-state index contributed by atoms with van der Waals surface area (Å²) in [6.07, 6.45) is 5.42. The van der Waals surface area contributed by atoms with Crippen molar-refractivity contribution in [1.29, 1.82) is 0 Å². The van der Waals surface area contributed by atoms with E-state index in [9.17, 15) is 0 Å². The first-order valence-electron chi connectivity index (χ1n) is 12.3. The van der Waals surface area contributed by atoms with Crippen molar-refractivity contribution in [1.82, 2.24) is 0 Å². The van der Waals surface area contributed by atoms with Gasteiger partial charge in [-0.1, -0.05) is 62.6 Å². The molecule has 1 heteroatoms. The maximum atomic E-state index is 2.57. The van der Waals surface area contributed by atoms with Crippen molar-refractivity contribution in [3.8, 4) is 11.3 Å². The SMILES string of the molecule is Cc1cc2c3c(c(C)c(C)cc3c1)-c1c(cc3c(C4CCCC4)cccc3[n+]1C)C2(C)C. The molecule has 0 bridgehead atoms. The highest BCUT2D eigenvalue weighted by Gasteiger charge is 2.40. The van der Waals surface area contributed by atoms with Gasteiger partial charge in [0, 0.05) is 17.0 Å². The molecule has 1 fully saturated rings. The summed E-state index contributed by atoms with van der Waals surface area (Å²) in [6, 6.07) is 16.8. The van der Waals surface area contributed by atoms with Crippen LogP contribution in [0.3, 0.4) is 0 Å². The van der Waals surface area contributed by atoms with Crippen LogP contribution in [0.5, 0.6) is 0 Å². The van der Waals surface area contributed by atoms with Crippen molar-refractivity contribution in [2.45, 2.75) is 71.6 Å². The predicted octanol–water partition coefficient (Wildman–Crippen LogP) is 7.71. The number of aromatic nitrogens is 1. The molecule has 6 rings (SSSR count). The summed E-state index contributed by atoms with van der Waals surface area (Å²) >= 11 is 0. The molecule has 1 aromatic heterocycles. The Kier molecular flexibility index (Phi) is 4.16. The van der Waals surface area contributed by atoms with Gasteiger partial charge in [-0.25, -0.2) is 0 Å². The van der Waals surface area contributed by atoms with Crippen molar-refractivity contribution >= 4 is 21.7 Å². The number of nitrogens with zero attached hydrogens (tertiary/aromatic N) is 1. The Bertz CT molecular complexity index is 1430. The van der Waals surface area contributed by atoms with Crippen LogP contribution in [-0.2, 0) is 12.5 Å². The lowest BCUT2D eigenvalue weighted by Crippen LogP contribution is -2.39. The second kappa shape index (κ2) is 6.67. The number of rotatable bonds is 1. The molecule has 0 aliphatic heterocycles. The van der Waals surface area contributed by atoms with Gasteiger partial charge in [0.15, 0.2) is 0 Å². The van der Waals surface area contributed by atoms with Crippen LogP contribution in [-0.4, -0.2) is 0 Å². The molecule has 32 heavy (non-hydrogen) atoms. The van der Waals surface area contributed by atoms with Crippen molar-refractivity contribution in [3.63, 3.8) is 0 Å². The summed E-state index contributed by atoms with van der Waals surface area (Å²) in [5, 5.41) is 4.31. The molecule has 162 valence electrons. The molecule has 0 saturated heterocycles. The molecule has 3 aromatic carbocycles. The zero-order chi connectivity index (χ0) is 22.4. The van der Waals surface area contributed by atoms with Crippen LogP contribution in [0, 0.1) is 20.8 Å². The van der Waals surface area contributed by atoms with E-state index in [2.05, 4.69) is 88.7 Å². The first kappa shape index (κ1) is 20.0. The minimum absolute atomic E-state index is 0.0387. The monoisotopic (exact) mass is 420 g/mol. The molecule has 0 atom stereocenters. The maximum absolute atomic E-state index is 2.57. The molecule has 1 heterocycles. The van der Waals surface area contributed by atoms with Gasteiger partial charge < -0.3 is 0 Å². The van der Waals surface area contributed by atoms with Crippen LogP contribution in [0.15, 0.2) is 42.5 Å². The lowest BCUT2D eigenvalue weighted by molar-refractivity contribution is -0.634. The lowest BCUT2D eigenvalue weighted by Gasteiger charge is -2.35.